The number of nitrogens with one attached hydrogen (secondary N) is 2. The van der Waals surface area contributed by atoms with Crippen LogP contribution < -0.4 is 22.1 Å². The predicted molar refractivity (Wildman–Crippen MR) is 190 cm³/mol. The quantitative estimate of drug-likeness (QED) is 0.126. The largest absolute Gasteiger partial charge is 0.347 e. The highest BCUT2D eigenvalue weighted by molar-refractivity contribution is 5.99. The molecule has 2 unspecified atom stereocenters. The SMILES string of the molecule is CN(C)C(=O)[C@H](CCCCN)NC(=O)C(CC(=O)C(Cc1ccc2ccccc2c1)NC(=O)c1cccc(CN)c1)Cc1ccccc1. The summed E-state index contributed by atoms with van der Waals surface area (Å²) < 4.78 is 0. The van der Waals surface area contributed by atoms with Crippen molar-refractivity contribution in [3.8, 4) is 0 Å². The topological polar surface area (TPSA) is 148 Å². The average Bonchev–Trinajstić information content (AvgIpc) is 3.10. The molecule has 48 heavy (non-hydrogen) atoms. The Balaban J connectivity index is 1.62. The first-order valence-electron chi connectivity index (χ1n) is 16.5. The van der Waals surface area contributed by atoms with Gasteiger partial charge in [-0.05, 0) is 78.2 Å². The van der Waals surface area contributed by atoms with Crippen LogP contribution in [-0.4, -0.2) is 61.1 Å². The summed E-state index contributed by atoms with van der Waals surface area (Å²) in [7, 11) is 3.30. The second-order valence-corrected chi connectivity index (χ2v) is 12.5. The van der Waals surface area contributed by atoms with Crippen molar-refractivity contribution < 1.29 is 19.2 Å². The number of nitrogens with two attached hydrogens (primary N) is 2. The Hall–Kier alpha value is -4.86. The fourth-order valence-corrected chi connectivity index (χ4v) is 5.82. The molecular weight excluding hydrogens is 602 g/mol. The van der Waals surface area contributed by atoms with Gasteiger partial charge in [-0.25, -0.2) is 0 Å². The molecule has 0 aliphatic heterocycles. The van der Waals surface area contributed by atoms with Crippen molar-refractivity contribution in [1.29, 1.82) is 0 Å². The van der Waals surface area contributed by atoms with Crippen LogP contribution in [0.1, 0.15) is 52.7 Å². The zero-order chi connectivity index (χ0) is 34.5. The standard InChI is InChI=1S/C39H47N5O4/c1-44(2)39(48)34(17-8-9-20-40)42-38(47)33(21-27-11-4-3-5-12-27)25-36(45)35(43-37(46)32-16-10-13-29(23-32)26-41)24-28-18-19-30-14-6-7-15-31(30)22-28/h3-7,10-16,18-19,22-23,33-35H,8-9,17,20-21,24-26,40-41H2,1-2H3,(H,42,47)(H,43,46)/t33?,34-,35?/m0/s1. The van der Waals surface area contributed by atoms with Crippen molar-refractivity contribution in [2.75, 3.05) is 20.6 Å². The summed E-state index contributed by atoms with van der Waals surface area (Å²) >= 11 is 0. The van der Waals surface area contributed by atoms with E-state index in [1.54, 1.807) is 32.3 Å². The molecular formula is C39H47N5O4. The third-order valence-corrected chi connectivity index (χ3v) is 8.52. The van der Waals surface area contributed by atoms with Gasteiger partial charge in [0.25, 0.3) is 5.91 Å². The Morgan fingerprint density at radius 2 is 1.40 bits per heavy atom. The number of carbonyl (C=O) groups is 4. The van der Waals surface area contributed by atoms with Crippen molar-refractivity contribution in [2.24, 2.45) is 17.4 Å². The van der Waals surface area contributed by atoms with Crippen molar-refractivity contribution in [2.45, 2.75) is 57.2 Å². The molecule has 0 heterocycles. The molecule has 3 atom stereocenters. The third kappa shape index (κ3) is 10.3. The van der Waals surface area contributed by atoms with E-state index in [9.17, 15) is 19.2 Å². The summed E-state index contributed by atoms with van der Waals surface area (Å²) in [4.78, 5) is 56.2. The minimum absolute atomic E-state index is 0.131. The highest BCUT2D eigenvalue weighted by Gasteiger charge is 2.31. The second-order valence-electron chi connectivity index (χ2n) is 12.5. The highest BCUT2D eigenvalue weighted by atomic mass is 16.2. The van der Waals surface area contributed by atoms with Crippen LogP contribution in [0.2, 0.25) is 0 Å². The molecule has 0 aliphatic carbocycles. The van der Waals surface area contributed by atoms with E-state index in [4.69, 9.17) is 11.5 Å². The molecule has 3 amide bonds. The number of amides is 3. The zero-order valence-electron chi connectivity index (χ0n) is 27.9. The molecule has 0 aromatic heterocycles. The molecule has 4 rings (SSSR count). The van der Waals surface area contributed by atoms with Gasteiger partial charge >= 0.3 is 0 Å². The number of hydrogen-bond acceptors (Lipinski definition) is 6. The summed E-state index contributed by atoms with van der Waals surface area (Å²) in [5.74, 6) is -2.05. The minimum Gasteiger partial charge on any atom is -0.347 e. The number of carbonyl (C=O) groups excluding carboxylic acids is 4. The normalized spacial score (nSPS) is 12.9. The van der Waals surface area contributed by atoms with E-state index < -0.39 is 23.9 Å². The number of likely N-dealkylation sites (N-methyl/N-ethyl adjacent to an activating group) is 1. The van der Waals surface area contributed by atoms with Crippen LogP contribution in [-0.2, 0) is 33.8 Å². The van der Waals surface area contributed by atoms with Crippen LogP contribution in [0.4, 0.5) is 0 Å². The maximum atomic E-state index is 14.2. The molecule has 4 aromatic carbocycles. The Morgan fingerprint density at radius 3 is 2.10 bits per heavy atom. The van der Waals surface area contributed by atoms with E-state index in [2.05, 4.69) is 10.6 Å². The first kappa shape index (κ1) is 36.0. The van der Waals surface area contributed by atoms with E-state index in [-0.39, 0.29) is 37.0 Å². The Kier molecular flexibility index (Phi) is 13.4. The van der Waals surface area contributed by atoms with Gasteiger partial charge in [-0.15, -0.1) is 0 Å². The summed E-state index contributed by atoms with van der Waals surface area (Å²) in [6.45, 7) is 0.767. The van der Waals surface area contributed by atoms with E-state index in [1.165, 1.54) is 4.90 Å². The molecule has 0 saturated carbocycles. The zero-order valence-corrected chi connectivity index (χ0v) is 27.9. The lowest BCUT2D eigenvalue weighted by Crippen LogP contribution is -2.49. The van der Waals surface area contributed by atoms with Gasteiger partial charge in [0.2, 0.25) is 11.8 Å². The molecule has 6 N–H and O–H groups in total. The fraction of sp³-hybridized carbons (Fsp3) is 0.333. The van der Waals surface area contributed by atoms with Gasteiger partial charge in [-0.3, -0.25) is 19.2 Å². The first-order valence-corrected chi connectivity index (χ1v) is 16.5. The van der Waals surface area contributed by atoms with E-state index in [0.29, 0.717) is 31.4 Å². The molecule has 9 nitrogen and oxygen atoms in total. The highest BCUT2D eigenvalue weighted by Crippen LogP contribution is 2.20. The number of unbranched alkanes of at least 4 members (excludes halogenated alkanes) is 1. The Labute approximate surface area is 283 Å². The summed E-state index contributed by atoms with van der Waals surface area (Å²) in [6.07, 6.45) is 2.24. The lowest BCUT2D eigenvalue weighted by Gasteiger charge is -2.26. The Bertz CT molecular complexity index is 1690. The van der Waals surface area contributed by atoms with Gasteiger partial charge in [-0.2, -0.15) is 0 Å². The monoisotopic (exact) mass is 649 g/mol. The predicted octanol–water partition coefficient (Wildman–Crippen LogP) is 4.16. The summed E-state index contributed by atoms with van der Waals surface area (Å²) in [6, 6.07) is 28.7. The molecule has 0 saturated heterocycles. The van der Waals surface area contributed by atoms with Crippen LogP contribution in [0.3, 0.4) is 0 Å². The number of hydrogen-bond donors (Lipinski definition) is 4. The summed E-state index contributed by atoms with van der Waals surface area (Å²) in [5, 5.41) is 8.01. The van der Waals surface area contributed by atoms with E-state index in [1.807, 2.05) is 78.9 Å². The number of ketones is 1. The van der Waals surface area contributed by atoms with Gasteiger partial charge in [-0.1, -0.05) is 84.9 Å². The molecule has 0 spiro atoms. The summed E-state index contributed by atoms with van der Waals surface area (Å²) in [5.41, 5.74) is 14.5. The number of nitrogens with zero attached hydrogens (tertiary/aromatic N) is 1. The molecule has 0 fully saturated rings. The maximum absolute atomic E-state index is 14.2. The first-order chi connectivity index (χ1) is 23.2. The van der Waals surface area contributed by atoms with Crippen molar-refractivity contribution in [3.63, 3.8) is 0 Å². The fourth-order valence-electron chi connectivity index (χ4n) is 5.82. The lowest BCUT2D eigenvalue weighted by molar-refractivity contribution is -0.136. The third-order valence-electron chi connectivity index (χ3n) is 8.52. The molecule has 0 radical (unpaired) electrons. The number of rotatable bonds is 17. The number of fused-ring (bicyclic) bond motifs is 1. The molecule has 4 aromatic rings. The molecule has 9 heteroatoms. The van der Waals surface area contributed by atoms with Crippen molar-refractivity contribution in [3.05, 3.63) is 119 Å². The average molecular weight is 650 g/mol. The second kappa shape index (κ2) is 17.9. The van der Waals surface area contributed by atoms with E-state index in [0.717, 1.165) is 33.9 Å². The van der Waals surface area contributed by atoms with Crippen LogP contribution in [0.25, 0.3) is 10.8 Å². The van der Waals surface area contributed by atoms with Crippen LogP contribution in [0.15, 0.2) is 97.1 Å². The molecule has 252 valence electrons. The lowest BCUT2D eigenvalue weighted by atomic mass is 9.89. The van der Waals surface area contributed by atoms with Crippen molar-refractivity contribution >= 4 is 34.3 Å². The van der Waals surface area contributed by atoms with E-state index >= 15 is 0 Å². The van der Waals surface area contributed by atoms with Gasteiger partial charge < -0.3 is 27.0 Å². The van der Waals surface area contributed by atoms with Crippen LogP contribution >= 0.6 is 0 Å². The number of benzene rings is 4. The molecule has 0 bridgehead atoms. The number of Topliss-reactive ketones (excluding diaryl/α,β-unsaturated/α-hetero) is 1. The maximum Gasteiger partial charge on any atom is 0.251 e. The van der Waals surface area contributed by atoms with Crippen molar-refractivity contribution in [1.82, 2.24) is 15.5 Å². The smallest absolute Gasteiger partial charge is 0.251 e. The van der Waals surface area contributed by atoms with Crippen LogP contribution in [0.5, 0.6) is 0 Å². The van der Waals surface area contributed by atoms with Gasteiger partial charge in [0.05, 0.1) is 6.04 Å². The van der Waals surface area contributed by atoms with Gasteiger partial charge in [0.1, 0.15) is 6.04 Å². The molecule has 0 aliphatic rings. The van der Waals surface area contributed by atoms with Crippen LogP contribution in [0, 0.1) is 5.92 Å². The van der Waals surface area contributed by atoms with Gasteiger partial charge in [0.15, 0.2) is 5.78 Å². The Morgan fingerprint density at radius 1 is 0.688 bits per heavy atom. The minimum atomic E-state index is -0.907. The van der Waals surface area contributed by atoms with Gasteiger partial charge in [0, 0.05) is 38.5 Å².